The Morgan fingerprint density at radius 1 is 1.24 bits per heavy atom. The molecule has 2 aromatic heterocycles. The van der Waals surface area contributed by atoms with Crippen molar-refractivity contribution in [3.63, 3.8) is 0 Å². The number of benzene rings is 2. The van der Waals surface area contributed by atoms with E-state index in [4.69, 9.17) is 25.0 Å². The van der Waals surface area contributed by atoms with Crippen molar-refractivity contribution in [3.05, 3.63) is 66.2 Å². The summed E-state index contributed by atoms with van der Waals surface area (Å²) in [4.78, 5) is 7.95. The first kappa shape index (κ1) is 30.2. The monoisotopic (exact) mass is 726 g/mol. The number of aliphatic hydroxyl groups is 1. The van der Waals surface area contributed by atoms with Crippen LogP contribution in [0.2, 0.25) is 5.02 Å². The van der Waals surface area contributed by atoms with Gasteiger partial charge in [0.05, 0.1) is 30.3 Å². The molecule has 3 N–H and O–H groups in total. The third-order valence-electron chi connectivity index (χ3n) is 5.69. The van der Waals surface area contributed by atoms with Gasteiger partial charge in [-0.15, -0.1) is 5.56 Å². The number of aliphatic hydroxyl groups excluding tert-OH is 1. The van der Waals surface area contributed by atoms with E-state index in [0.29, 0.717) is 41.4 Å². The predicted molar refractivity (Wildman–Crippen MR) is 136 cm³/mol. The van der Waals surface area contributed by atoms with Crippen LogP contribution in [0, 0.1) is 12.5 Å². The Bertz CT molecular complexity index is 1300. The van der Waals surface area contributed by atoms with Crippen LogP contribution in [0.4, 0.5) is 13.2 Å². The molecule has 4 aromatic rings. The molecule has 0 aliphatic heterocycles. The summed E-state index contributed by atoms with van der Waals surface area (Å²) in [6.07, 6.45) is 2.70. The fraction of sp³-hybridized carbons (Fsp3) is 0.333. The molecule has 6 nitrogen and oxygen atoms in total. The average molecular weight is 725 g/mol. The molecule has 1 saturated carbocycles. The van der Waals surface area contributed by atoms with Gasteiger partial charge < -0.3 is 26.1 Å². The van der Waals surface area contributed by atoms with Crippen LogP contribution in [0.1, 0.15) is 19.3 Å². The van der Waals surface area contributed by atoms with Gasteiger partial charge in [-0.05, 0) is 12.1 Å². The average Bonchev–Trinajstić information content (AvgIpc) is 3.75. The molecule has 5 rings (SSSR count). The van der Waals surface area contributed by atoms with Crippen LogP contribution < -0.4 is 9.64 Å². The van der Waals surface area contributed by atoms with Gasteiger partial charge in [0.15, 0.2) is 6.54 Å². The number of rotatable bonds is 9. The third-order valence-corrected chi connectivity index (χ3v) is 5.90. The van der Waals surface area contributed by atoms with Gasteiger partial charge in [0.1, 0.15) is 17.9 Å². The van der Waals surface area contributed by atoms with Crippen molar-refractivity contribution in [1.29, 1.82) is 0 Å². The standard InChI is InChI=1S/C24H22ClF3N3O2.C3H5.O.Os/c25-17-13-19-21-18(16-5-2-1-3-6-16)7-8-20(22(21)30-23(19)29-14-17)33-12-4-9-31(10-11-32)15-24(26,27)28;1-2-3-1;;/h1-2,5-8,13-14,32H,4,9-12,15H2,(H,29,30);1H,2-3H2;;/q2*-1;;/p+1. The molecular formula is C27H28ClF3N3O3Os-. The number of aromatic amines is 1. The SMILES string of the molecule is OCC[NH+](CCCOc1ccc(-c2c[c-]ccc2)c2c1[nH]c1ncc(Cl)cc12)CC(F)(F)F.[CH-]1CC1.[O]=[Os]. The molecule has 11 heteroatoms. The first-order chi connectivity index (χ1) is 18.4. The zero-order chi connectivity index (χ0) is 27.5. The molecule has 0 amide bonds. The van der Waals surface area contributed by atoms with E-state index in [0.717, 1.165) is 27.4 Å². The molecule has 206 valence electrons. The number of hydrogen-bond donors (Lipinski definition) is 3. The number of aromatic nitrogens is 2. The maximum atomic E-state index is 12.7. The normalized spacial score (nSPS) is 13.3. The maximum absolute atomic E-state index is 12.7. The summed E-state index contributed by atoms with van der Waals surface area (Å²) >= 11 is 6.81. The zero-order valence-electron chi connectivity index (χ0n) is 20.4. The summed E-state index contributed by atoms with van der Waals surface area (Å²) in [5.41, 5.74) is 3.35. The first-order valence-corrected chi connectivity index (χ1v) is 13.4. The number of ether oxygens (including phenoxy) is 1. The van der Waals surface area contributed by atoms with E-state index in [1.165, 1.54) is 12.8 Å². The second-order valence-electron chi connectivity index (χ2n) is 8.66. The van der Waals surface area contributed by atoms with E-state index in [1.54, 1.807) is 6.20 Å². The van der Waals surface area contributed by atoms with Crippen LogP contribution in [0.3, 0.4) is 0 Å². The van der Waals surface area contributed by atoms with E-state index < -0.39 is 12.7 Å². The number of nitrogens with one attached hydrogen (secondary N) is 2. The van der Waals surface area contributed by atoms with Gasteiger partial charge in [0, 0.05) is 23.4 Å². The van der Waals surface area contributed by atoms with Gasteiger partial charge in [-0.3, -0.25) is 0 Å². The zero-order valence-corrected chi connectivity index (χ0v) is 23.7. The number of halogens is 4. The second kappa shape index (κ2) is 14.7. The molecule has 2 aromatic carbocycles. The van der Waals surface area contributed by atoms with Gasteiger partial charge >= 0.3 is 28.3 Å². The Kier molecular flexibility index (Phi) is 11.7. The van der Waals surface area contributed by atoms with Crippen LogP contribution >= 0.6 is 11.6 Å². The van der Waals surface area contributed by atoms with Gasteiger partial charge in [-0.1, -0.05) is 23.2 Å². The minimum absolute atomic E-state index is 0.0427. The Morgan fingerprint density at radius 3 is 2.63 bits per heavy atom. The molecule has 0 spiro atoms. The topological polar surface area (TPSA) is 79.7 Å². The van der Waals surface area contributed by atoms with E-state index in [2.05, 4.69) is 22.5 Å². The number of hydrogen-bond acceptors (Lipinski definition) is 4. The van der Waals surface area contributed by atoms with Gasteiger partial charge in [-0.2, -0.15) is 43.5 Å². The quantitative estimate of drug-likeness (QED) is 0.170. The summed E-state index contributed by atoms with van der Waals surface area (Å²) < 4.78 is 52.4. The number of quaternary nitrogens is 1. The molecule has 1 unspecified atom stereocenters. The van der Waals surface area contributed by atoms with E-state index in [9.17, 15) is 13.2 Å². The predicted octanol–water partition coefficient (Wildman–Crippen LogP) is 4.91. The number of alkyl halides is 3. The number of nitrogens with zero attached hydrogens (tertiary/aromatic N) is 1. The summed E-state index contributed by atoms with van der Waals surface area (Å²) in [7, 11) is 0. The van der Waals surface area contributed by atoms with Crippen molar-refractivity contribution in [3.8, 4) is 16.9 Å². The molecular weight excluding hydrogens is 697 g/mol. The summed E-state index contributed by atoms with van der Waals surface area (Å²) in [5, 5.41) is 11.3. The van der Waals surface area contributed by atoms with Crippen LogP contribution in [0.15, 0.2) is 48.7 Å². The molecule has 38 heavy (non-hydrogen) atoms. The van der Waals surface area contributed by atoms with E-state index >= 15 is 0 Å². The fourth-order valence-corrected chi connectivity index (χ4v) is 4.16. The molecule has 1 aliphatic rings. The summed E-state index contributed by atoms with van der Waals surface area (Å²) in [6.45, 7) is -0.749. The Balaban J connectivity index is 0.000000731. The first-order valence-electron chi connectivity index (χ1n) is 12.0. The molecule has 1 fully saturated rings. The second-order valence-corrected chi connectivity index (χ2v) is 9.10. The fourth-order valence-electron chi connectivity index (χ4n) is 4.00. The van der Waals surface area contributed by atoms with Crippen molar-refractivity contribution in [1.82, 2.24) is 9.97 Å². The number of pyridine rings is 1. The van der Waals surface area contributed by atoms with Crippen LogP contribution in [-0.2, 0) is 22.1 Å². The molecule has 0 saturated heterocycles. The van der Waals surface area contributed by atoms with Crippen molar-refractivity contribution in [2.24, 2.45) is 0 Å². The van der Waals surface area contributed by atoms with E-state index in [1.807, 2.05) is 42.5 Å². The van der Waals surface area contributed by atoms with Crippen LogP contribution in [-0.4, -0.2) is 54.1 Å². The molecule has 2 heterocycles. The van der Waals surface area contributed by atoms with Gasteiger partial charge in [0.25, 0.3) is 0 Å². The number of H-pyrrole nitrogens is 1. The van der Waals surface area contributed by atoms with Gasteiger partial charge in [0.2, 0.25) is 0 Å². The summed E-state index contributed by atoms with van der Waals surface area (Å²) in [6, 6.07) is 16.3. The van der Waals surface area contributed by atoms with Crippen molar-refractivity contribution >= 4 is 33.5 Å². The molecule has 0 radical (unpaired) electrons. The Morgan fingerprint density at radius 2 is 2.00 bits per heavy atom. The third kappa shape index (κ3) is 8.84. The van der Waals surface area contributed by atoms with Crippen molar-refractivity contribution < 1.29 is 50.0 Å². The molecule has 1 aliphatic carbocycles. The van der Waals surface area contributed by atoms with Crippen molar-refractivity contribution in [2.75, 3.05) is 32.8 Å². The van der Waals surface area contributed by atoms with E-state index in [-0.39, 0.29) is 31.2 Å². The Hall–Kier alpha value is -2.37. The molecule has 0 bridgehead atoms. The van der Waals surface area contributed by atoms with Gasteiger partial charge in [-0.25, -0.2) is 17.8 Å². The molecule has 1 atom stereocenters. The van der Waals surface area contributed by atoms with Crippen LogP contribution in [0.5, 0.6) is 5.75 Å². The minimum atomic E-state index is -4.28. The van der Waals surface area contributed by atoms with Crippen molar-refractivity contribution in [2.45, 2.75) is 25.4 Å². The summed E-state index contributed by atoms with van der Waals surface area (Å²) in [5.74, 6) is 0.585. The Labute approximate surface area is 234 Å². The van der Waals surface area contributed by atoms with Crippen LogP contribution in [0.25, 0.3) is 33.1 Å². The number of fused-ring (bicyclic) bond motifs is 3.